The number of ether oxygens (including phenoxy) is 4. The van der Waals surface area contributed by atoms with Crippen LogP contribution < -0.4 is 11.1 Å². The Morgan fingerprint density at radius 2 is 1.11 bits per heavy atom. The zero-order valence-electron chi connectivity index (χ0n) is 31.7. The molecule has 2 aromatic heterocycles. The highest BCUT2D eigenvalue weighted by molar-refractivity contribution is 9.10. The molecule has 2 fully saturated rings. The van der Waals surface area contributed by atoms with Gasteiger partial charge in [-0.15, -0.1) is 0 Å². The second-order valence-corrected chi connectivity index (χ2v) is 15.9. The molecule has 2 saturated heterocycles. The van der Waals surface area contributed by atoms with Crippen LogP contribution >= 0.6 is 15.9 Å². The Morgan fingerprint density at radius 3 is 1.53 bits per heavy atom. The molecule has 306 valence electrons. The van der Waals surface area contributed by atoms with E-state index in [-0.39, 0.29) is 77.9 Å². The molecule has 0 N–H and O–H groups in total. The summed E-state index contributed by atoms with van der Waals surface area (Å²) in [5.74, 6) is -1.50. The van der Waals surface area contributed by atoms with E-state index in [1.54, 1.807) is 41.8 Å². The van der Waals surface area contributed by atoms with Gasteiger partial charge in [0.25, 0.3) is 11.1 Å². The van der Waals surface area contributed by atoms with E-state index >= 15 is 0 Å². The third-order valence-corrected chi connectivity index (χ3v) is 10.6. The highest BCUT2D eigenvalue weighted by atomic mass is 79.9. The van der Waals surface area contributed by atoms with Gasteiger partial charge in [0, 0.05) is 47.7 Å². The summed E-state index contributed by atoms with van der Waals surface area (Å²) in [4.78, 5) is 78.0. The predicted octanol–water partition coefficient (Wildman–Crippen LogP) is 0.888. The van der Waals surface area contributed by atoms with Gasteiger partial charge in [0.15, 0.2) is 9.84 Å². The Labute approximate surface area is 335 Å². The van der Waals surface area contributed by atoms with Crippen LogP contribution in [0.25, 0.3) is 21.5 Å². The number of fused-ring (bicyclic) bond motifs is 2. The second kappa shape index (κ2) is 19.4. The number of benzene rings is 2. The number of hydrogen-bond donors (Lipinski definition) is 0. The molecule has 0 unspecified atom stereocenters. The third-order valence-electron chi connectivity index (χ3n) is 8.97. The number of amides is 2. The van der Waals surface area contributed by atoms with Crippen molar-refractivity contribution in [1.82, 2.24) is 29.4 Å². The molecule has 0 saturated carbocycles. The molecule has 4 aromatic rings. The number of morpholine rings is 2. The lowest BCUT2D eigenvalue weighted by atomic mass is 10.1. The van der Waals surface area contributed by atoms with Gasteiger partial charge in [0.2, 0.25) is 11.8 Å². The zero-order chi connectivity index (χ0) is 41.3. The first-order valence-corrected chi connectivity index (χ1v) is 20.8. The first-order valence-electron chi connectivity index (χ1n) is 18.2. The lowest BCUT2D eigenvalue weighted by molar-refractivity contribution is -0.143. The topological polar surface area (TPSA) is 216 Å². The van der Waals surface area contributed by atoms with Gasteiger partial charge < -0.3 is 28.7 Å². The minimum Gasteiger partial charge on any atom is -0.466 e. The van der Waals surface area contributed by atoms with E-state index in [1.165, 1.54) is 18.2 Å². The van der Waals surface area contributed by atoms with Crippen LogP contribution in [0.4, 0.5) is 0 Å². The van der Waals surface area contributed by atoms with Crippen LogP contribution in [0.1, 0.15) is 25.2 Å². The largest absolute Gasteiger partial charge is 0.466 e. The number of carbonyl (C=O) groups excluding carboxylic acids is 4. The first kappa shape index (κ1) is 43.1. The van der Waals surface area contributed by atoms with Crippen molar-refractivity contribution in [2.75, 3.05) is 72.1 Å². The highest BCUT2D eigenvalue weighted by Gasteiger charge is 2.23. The molecule has 2 aromatic carbocycles. The molecule has 20 heteroatoms. The number of hydrogen-bond acceptors (Lipinski definition) is 14. The molecule has 2 aliphatic heterocycles. The van der Waals surface area contributed by atoms with Gasteiger partial charge in [0.1, 0.15) is 13.1 Å². The Bertz CT molecular complexity index is 2390. The van der Waals surface area contributed by atoms with Crippen molar-refractivity contribution in [2.24, 2.45) is 0 Å². The summed E-state index contributed by atoms with van der Waals surface area (Å²) < 4.78 is 47.2. The number of aromatic nitrogens is 4. The lowest BCUT2D eigenvalue weighted by Gasteiger charge is -2.27. The highest BCUT2D eigenvalue weighted by Crippen LogP contribution is 2.22. The van der Waals surface area contributed by atoms with Crippen molar-refractivity contribution in [3.05, 3.63) is 73.0 Å². The molecule has 57 heavy (non-hydrogen) atoms. The number of halogens is 1. The Morgan fingerprint density at radius 1 is 0.684 bits per heavy atom. The third kappa shape index (κ3) is 11.1. The van der Waals surface area contributed by atoms with Crippen LogP contribution in [0.15, 0.2) is 55.4 Å². The zero-order valence-corrected chi connectivity index (χ0v) is 34.1. The number of nitrogens with zero attached hydrogens (tertiary/aromatic N) is 6. The van der Waals surface area contributed by atoms with E-state index in [4.69, 9.17) is 18.9 Å². The standard InChI is InChI=1S/C19H23N3O7S.C18H20BrN3O5/c1-3-29-18(24)11-16-15-10-13(30(2,26)27)4-5-14(15)19(25)22(20-16)12-17(23)21-6-8-28-9-7-21;1-2-27-17(24)10-15-14-9-12(19)3-4-13(14)18(25)22(20-15)11-16(23)21-5-7-26-8-6-21/h4-5,10H,3,6-9,11-12H2,1-2H3;3-4,9H,2,5-8,10-11H2,1H3. The number of esters is 2. The van der Waals surface area contributed by atoms with E-state index in [2.05, 4.69) is 26.1 Å². The fourth-order valence-corrected chi connectivity index (χ4v) is 7.15. The Hall–Kier alpha value is -5.05. The van der Waals surface area contributed by atoms with Crippen LogP contribution in [-0.2, 0) is 73.9 Å². The van der Waals surface area contributed by atoms with Gasteiger partial charge in [0.05, 0.1) is 79.5 Å². The smallest absolute Gasteiger partial charge is 0.311 e. The predicted molar refractivity (Wildman–Crippen MR) is 208 cm³/mol. The monoisotopic (exact) mass is 874 g/mol. The van der Waals surface area contributed by atoms with E-state index in [0.29, 0.717) is 69.1 Å². The molecule has 6 rings (SSSR count). The molecule has 0 aliphatic carbocycles. The van der Waals surface area contributed by atoms with E-state index in [9.17, 15) is 37.2 Å². The van der Waals surface area contributed by atoms with E-state index in [1.807, 2.05) is 0 Å². The van der Waals surface area contributed by atoms with Crippen molar-refractivity contribution < 1.29 is 46.5 Å². The molecule has 2 amide bonds. The lowest BCUT2D eigenvalue weighted by Crippen LogP contribution is -2.44. The second-order valence-electron chi connectivity index (χ2n) is 12.9. The van der Waals surface area contributed by atoms with Crippen molar-refractivity contribution in [2.45, 2.75) is 44.7 Å². The van der Waals surface area contributed by atoms with Crippen LogP contribution in [0, 0.1) is 0 Å². The number of rotatable bonds is 11. The van der Waals surface area contributed by atoms with Gasteiger partial charge in [-0.3, -0.25) is 28.8 Å². The van der Waals surface area contributed by atoms with Gasteiger partial charge in [-0.1, -0.05) is 15.9 Å². The van der Waals surface area contributed by atoms with Crippen molar-refractivity contribution >= 4 is 71.1 Å². The molecule has 2 aliphatic rings. The van der Waals surface area contributed by atoms with Crippen molar-refractivity contribution in [3.63, 3.8) is 0 Å². The molecule has 18 nitrogen and oxygen atoms in total. The van der Waals surface area contributed by atoms with Crippen LogP contribution in [0.2, 0.25) is 0 Å². The maximum atomic E-state index is 12.9. The average molecular weight is 876 g/mol. The van der Waals surface area contributed by atoms with Crippen molar-refractivity contribution in [3.8, 4) is 0 Å². The molecule has 0 atom stereocenters. The van der Waals surface area contributed by atoms with E-state index in [0.717, 1.165) is 20.1 Å². The molecule has 4 heterocycles. The summed E-state index contributed by atoms with van der Waals surface area (Å²) in [7, 11) is -3.53. The minimum atomic E-state index is -3.53. The van der Waals surface area contributed by atoms with E-state index < -0.39 is 27.3 Å². The van der Waals surface area contributed by atoms with Gasteiger partial charge >= 0.3 is 11.9 Å². The Kier molecular flexibility index (Phi) is 14.7. The SMILES string of the molecule is CCOC(=O)Cc1nn(CC(=O)N2CCOCC2)c(=O)c2ccc(Br)cc12.CCOC(=O)Cc1nn(CC(=O)N2CCOCC2)c(=O)c2ccc(S(C)(=O)=O)cc12. The molecule has 0 spiro atoms. The average Bonchev–Trinajstić information content (AvgIpc) is 3.19. The summed E-state index contributed by atoms with van der Waals surface area (Å²) in [5.41, 5.74) is -0.339. The summed E-state index contributed by atoms with van der Waals surface area (Å²) >= 11 is 3.37. The van der Waals surface area contributed by atoms with Gasteiger partial charge in [-0.25, -0.2) is 17.8 Å². The van der Waals surface area contributed by atoms with Crippen LogP contribution in [0.3, 0.4) is 0 Å². The molecule has 0 radical (unpaired) electrons. The van der Waals surface area contributed by atoms with Crippen LogP contribution in [0.5, 0.6) is 0 Å². The molecular formula is C37H43BrN6O12S. The van der Waals surface area contributed by atoms with Gasteiger partial charge in [-0.2, -0.15) is 10.2 Å². The Balaban J connectivity index is 0.000000219. The number of carbonyl (C=O) groups is 4. The van der Waals surface area contributed by atoms with Crippen molar-refractivity contribution in [1.29, 1.82) is 0 Å². The summed E-state index contributed by atoms with van der Waals surface area (Å²) in [6.07, 6.45) is 0.714. The summed E-state index contributed by atoms with van der Waals surface area (Å²) in [5, 5.41) is 9.90. The summed E-state index contributed by atoms with van der Waals surface area (Å²) in [6.45, 7) is 6.98. The summed E-state index contributed by atoms with van der Waals surface area (Å²) in [6, 6.07) is 9.16. The molecule has 0 bridgehead atoms. The quantitative estimate of drug-likeness (QED) is 0.192. The fraction of sp³-hybridized carbons (Fsp3) is 0.459. The maximum Gasteiger partial charge on any atom is 0.311 e. The fourth-order valence-electron chi connectivity index (χ4n) is 6.14. The number of sulfone groups is 1. The molecular weight excluding hydrogens is 832 g/mol. The first-order chi connectivity index (χ1) is 27.2. The normalized spacial score (nSPS) is 14.5. The van der Waals surface area contributed by atoms with Crippen LogP contribution in [-0.4, -0.2) is 134 Å². The minimum absolute atomic E-state index is 0.00320. The van der Waals surface area contributed by atoms with Gasteiger partial charge in [-0.05, 0) is 50.2 Å². The maximum absolute atomic E-state index is 12.9.